The largest absolute Gasteiger partial charge is 0.338 e. The van der Waals surface area contributed by atoms with Crippen molar-refractivity contribution >= 4 is 26.8 Å². The zero-order valence-corrected chi connectivity index (χ0v) is 12.4. The third-order valence-corrected chi connectivity index (χ3v) is 3.54. The van der Waals surface area contributed by atoms with Gasteiger partial charge in [-0.1, -0.05) is 41.0 Å². The van der Waals surface area contributed by atoms with E-state index in [9.17, 15) is 0 Å². The van der Waals surface area contributed by atoms with Crippen LogP contribution in [-0.4, -0.2) is 14.7 Å². The van der Waals surface area contributed by atoms with E-state index in [1.807, 2.05) is 12.3 Å². The molecule has 0 atom stereocenters. The van der Waals surface area contributed by atoms with Crippen LogP contribution in [0.1, 0.15) is 31.5 Å². The highest BCUT2D eigenvalue weighted by atomic mass is 79.9. The molecule has 2 heterocycles. The van der Waals surface area contributed by atoms with E-state index in [0.717, 1.165) is 15.8 Å². The van der Waals surface area contributed by atoms with Gasteiger partial charge >= 0.3 is 0 Å². The van der Waals surface area contributed by atoms with Crippen LogP contribution in [0, 0.1) is 0 Å². The predicted molar refractivity (Wildman–Crippen MR) is 77.1 cm³/mol. The summed E-state index contributed by atoms with van der Waals surface area (Å²) in [5.74, 6) is 1.68. The van der Waals surface area contributed by atoms with Crippen molar-refractivity contribution in [2.75, 3.05) is 0 Å². The van der Waals surface area contributed by atoms with Gasteiger partial charge in [0, 0.05) is 22.1 Å². The van der Waals surface area contributed by atoms with Gasteiger partial charge in [0.1, 0.15) is 6.54 Å². The Balaban J connectivity index is 1.94. The van der Waals surface area contributed by atoms with Gasteiger partial charge in [-0.15, -0.1) is 0 Å². The smallest absolute Gasteiger partial charge is 0.246 e. The molecule has 4 nitrogen and oxygen atoms in total. The molecule has 0 spiro atoms. The summed E-state index contributed by atoms with van der Waals surface area (Å²) in [6.07, 6.45) is 2.04. The maximum absolute atomic E-state index is 5.28. The standard InChI is InChI=1S/C14H14BrN3O/c1-9(2)14-16-13(19-17-14)8-18-6-5-10-3-4-11(15)7-12(10)18/h3-7,9H,8H2,1-2H3. The molecule has 0 aliphatic heterocycles. The van der Waals surface area contributed by atoms with Crippen LogP contribution in [0.5, 0.6) is 0 Å². The molecule has 0 aliphatic carbocycles. The van der Waals surface area contributed by atoms with Crippen molar-refractivity contribution in [2.24, 2.45) is 0 Å². The Kier molecular flexibility index (Phi) is 3.14. The maximum Gasteiger partial charge on any atom is 0.246 e. The highest BCUT2D eigenvalue weighted by molar-refractivity contribution is 9.10. The molecule has 0 fully saturated rings. The minimum absolute atomic E-state index is 0.285. The molecule has 0 saturated carbocycles. The normalized spacial score (nSPS) is 11.6. The molecule has 2 aromatic heterocycles. The Morgan fingerprint density at radius 3 is 2.89 bits per heavy atom. The Bertz CT molecular complexity index is 714. The number of aromatic nitrogens is 3. The summed E-state index contributed by atoms with van der Waals surface area (Å²) in [6, 6.07) is 8.30. The first-order valence-corrected chi connectivity index (χ1v) is 6.99. The molecule has 1 aromatic carbocycles. The highest BCUT2D eigenvalue weighted by Crippen LogP contribution is 2.21. The van der Waals surface area contributed by atoms with Crippen molar-refractivity contribution in [1.82, 2.24) is 14.7 Å². The summed E-state index contributed by atoms with van der Waals surface area (Å²) in [7, 11) is 0. The summed E-state index contributed by atoms with van der Waals surface area (Å²) in [6.45, 7) is 4.70. The first-order chi connectivity index (χ1) is 9.13. The fourth-order valence-electron chi connectivity index (χ4n) is 2.01. The van der Waals surface area contributed by atoms with Crippen LogP contribution in [-0.2, 0) is 6.54 Å². The molecule has 0 N–H and O–H groups in total. The van der Waals surface area contributed by atoms with Gasteiger partial charge < -0.3 is 9.09 Å². The van der Waals surface area contributed by atoms with Gasteiger partial charge in [0.25, 0.3) is 0 Å². The summed E-state index contributed by atoms with van der Waals surface area (Å²) in [5, 5.41) is 5.19. The molecule has 19 heavy (non-hydrogen) atoms. The lowest BCUT2D eigenvalue weighted by Gasteiger charge is -2.01. The van der Waals surface area contributed by atoms with Gasteiger partial charge in [-0.3, -0.25) is 0 Å². The van der Waals surface area contributed by atoms with Crippen LogP contribution in [0.3, 0.4) is 0 Å². The van der Waals surface area contributed by atoms with Crippen LogP contribution in [0.15, 0.2) is 39.5 Å². The van der Waals surface area contributed by atoms with Gasteiger partial charge in [-0.25, -0.2) is 0 Å². The topological polar surface area (TPSA) is 43.9 Å². The first kappa shape index (κ1) is 12.4. The Morgan fingerprint density at radius 1 is 1.32 bits per heavy atom. The summed E-state index contributed by atoms with van der Waals surface area (Å²) in [4.78, 5) is 4.40. The van der Waals surface area contributed by atoms with Crippen LogP contribution >= 0.6 is 15.9 Å². The van der Waals surface area contributed by atoms with Crippen molar-refractivity contribution in [3.63, 3.8) is 0 Å². The molecule has 0 radical (unpaired) electrons. The minimum Gasteiger partial charge on any atom is -0.338 e. The van der Waals surface area contributed by atoms with Crippen molar-refractivity contribution < 1.29 is 4.52 Å². The lowest BCUT2D eigenvalue weighted by atomic mass is 10.2. The van der Waals surface area contributed by atoms with Crippen LogP contribution in [0.25, 0.3) is 10.9 Å². The van der Waals surface area contributed by atoms with Crippen LogP contribution < -0.4 is 0 Å². The number of fused-ring (bicyclic) bond motifs is 1. The second-order valence-corrected chi connectivity index (χ2v) is 5.76. The number of halogens is 1. The third-order valence-electron chi connectivity index (χ3n) is 3.04. The van der Waals surface area contributed by atoms with Gasteiger partial charge in [0.2, 0.25) is 5.89 Å². The van der Waals surface area contributed by atoms with Crippen molar-refractivity contribution in [3.05, 3.63) is 46.7 Å². The Morgan fingerprint density at radius 2 is 2.16 bits per heavy atom. The van der Waals surface area contributed by atoms with E-state index in [0.29, 0.717) is 12.4 Å². The van der Waals surface area contributed by atoms with Crippen molar-refractivity contribution in [2.45, 2.75) is 26.3 Å². The molecule has 0 aliphatic rings. The second kappa shape index (κ2) is 4.81. The predicted octanol–water partition coefficient (Wildman–Crippen LogP) is 3.96. The zero-order valence-electron chi connectivity index (χ0n) is 10.8. The van der Waals surface area contributed by atoms with E-state index >= 15 is 0 Å². The molecule has 0 bridgehead atoms. The van der Waals surface area contributed by atoms with Gasteiger partial charge in [0.15, 0.2) is 5.82 Å². The van der Waals surface area contributed by atoms with Gasteiger partial charge in [0.05, 0.1) is 0 Å². The third kappa shape index (κ3) is 2.42. The fourth-order valence-corrected chi connectivity index (χ4v) is 2.36. The van der Waals surface area contributed by atoms with Crippen molar-refractivity contribution in [3.8, 4) is 0 Å². The van der Waals surface area contributed by atoms with E-state index in [1.54, 1.807) is 0 Å². The highest BCUT2D eigenvalue weighted by Gasteiger charge is 2.11. The molecular weight excluding hydrogens is 306 g/mol. The molecule has 3 rings (SSSR count). The van der Waals surface area contributed by atoms with E-state index < -0.39 is 0 Å². The molecule has 3 aromatic rings. The van der Waals surface area contributed by atoms with Crippen LogP contribution in [0.4, 0.5) is 0 Å². The monoisotopic (exact) mass is 319 g/mol. The molecule has 0 unspecified atom stereocenters. The van der Waals surface area contributed by atoms with Gasteiger partial charge in [-0.2, -0.15) is 4.98 Å². The Hall–Kier alpha value is -1.62. The molecule has 98 valence electrons. The van der Waals surface area contributed by atoms with Crippen LogP contribution in [0.2, 0.25) is 0 Å². The number of hydrogen-bond donors (Lipinski definition) is 0. The summed E-state index contributed by atoms with van der Waals surface area (Å²) < 4.78 is 8.46. The fraction of sp³-hybridized carbons (Fsp3) is 0.286. The number of hydrogen-bond acceptors (Lipinski definition) is 3. The quantitative estimate of drug-likeness (QED) is 0.734. The molecule has 0 amide bonds. The molecular formula is C14H14BrN3O. The summed E-state index contributed by atoms with van der Waals surface area (Å²) in [5.41, 5.74) is 1.15. The molecule has 0 saturated heterocycles. The van der Waals surface area contributed by atoms with E-state index in [4.69, 9.17) is 4.52 Å². The maximum atomic E-state index is 5.28. The Labute approximate surface area is 119 Å². The second-order valence-electron chi connectivity index (χ2n) is 4.85. The van der Waals surface area contributed by atoms with E-state index in [2.05, 4.69) is 62.7 Å². The zero-order chi connectivity index (χ0) is 13.4. The lowest BCUT2D eigenvalue weighted by Crippen LogP contribution is -1.99. The van der Waals surface area contributed by atoms with E-state index in [1.165, 1.54) is 5.39 Å². The van der Waals surface area contributed by atoms with Crippen molar-refractivity contribution in [1.29, 1.82) is 0 Å². The number of rotatable bonds is 3. The number of nitrogens with zero attached hydrogens (tertiary/aromatic N) is 3. The number of benzene rings is 1. The average molecular weight is 320 g/mol. The first-order valence-electron chi connectivity index (χ1n) is 6.20. The van der Waals surface area contributed by atoms with E-state index in [-0.39, 0.29) is 5.92 Å². The summed E-state index contributed by atoms with van der Waals surface area (Å²) >= 11 is 3.50. The lowest BCUT2D eigenvalue weighted by molar-refractivity contribution is 0.366. The van der Waals surface area contributed by atoms with Gasteiger partial charge in [-0.05, 0) is 23.6 Å². The molecule has 5 heteroatoms. The minimum atomic E-state index is 0.285. The SMILES string of the molecule is CC(C)c1noc(Cn2ccc3ccc(Br)cc32)n1. The average Bonchev–Trinajstić information content (AvgIpc) is 2.98.